The van der Waals surface area contributed by atoms with Gasteiger partial charge in [-0.15, -0.1) is 0 Å². The van der Waals surface area contributed by atoms with Crippen LogP contribution in [0.2, 0.25) is 0 Å². The first-order valence-corrected chi connectivity index (χ1v) is 10.1. The van der Waals surface area contributed by atoms with Crippen molar-refractivity contribution in [2.24, 2.45) is 0 Å². The Morgan fingerprint density at radius 3 is 2.47 bits per heavy atom. The van der Waals surface area contributed by atoms with Gasteiger partial charge in [0.2, 0.25) is 0 Å². The van der Waals surface area contributed by atoms with Crippen LogP contribution in [0.5, 0.6) is 0 Å². The van der Waals surface area contributed by atoms with Crippen molar-refractivity contribution in [2.45, 2.75) is 45.9 Å². The molecule has 9 heteroatoms. The summed E-state index contributed by atoms with van der Waals surface area (Å²) >= 11 is 0. The van der Waals surface area contributed by atoms with Gasteiger partial charge in [0.25, 0.3) is 11.6 Å². The highest BCUT2D eigenvalue weighted by Gasteiger charge is 2.31. The van der Waals surface area contributed by atoms with Crippen LogP contribution in [0.3, 0.4) is 0 Å². The van der Waals surface area contributed by atoms with Crippen molar-refractivity contribution in [3.63, 3.8) is 0 Å². The predicted molar refractivity (Wildman–Crippen MR) is 111 cm³/mol. The van der Waals surface area contributed by atoms with Crippen LogP contribution in [0.15, 0.2) is 24.3 Å². The summed E-state index contributed by atoms with van der Waals surface area (Å²) in [6.45, 7) is 8.44. The van der Waals surface area contributed by atoms with Gasteiger partial charge in [-0.05, 0) is 32.9 Å². The number of carbonyl (C=O) groups excluding carboxylic acids is 1. The molecule has 0 aliphatic carbocycles. The Morgan fingerprint density at radius 1 is 1.17 bits per heavy atom. The van der Waals surface area contributed by atoms with E-state index in [0.717, 1.165) is 36.0 Å². The van der Waals surface area contributed by atoms with Gasteiger partial charge in [0.1, 0.15) is 11.6 Å². The van der Waals surface area contributed by atoms with Crippen molar-refractivity contribution in [1.82, 2.24) is 14.9 Å². The van der Waals surface area contributed by atoms with Crippen LogP contribution in [0.1, 0.15) is 41.3 Å². The van der Waals surface area contributed by atoms with E-state index in [1.165, 1.54) is 24.3 Å². The molecule has 2 aliphatic heterocycles. The van der Waals surface area contributed by atoms with Gasteiger partial charge in [-0.3, -0.25) is 14.9 Å². The highest BCUT2D eigenvalue weighted by Crippen LogP contribution is 2.29. The number of nitrogens with zero attached hydrogens (tertiary/aromatic N) is 5. The second kappa shape index (κ2) is 7.98. The van der Waals surface area contributed by atoms with E-state index in [-0.39, 0.29) is 23.8 Å². The van der Waals surface area contributed by atoms with Gasteiger partial charge in [-0.1, -0.05) is 0 Å². The molecule has 0 saturated carbocycles. The molecule has 4 rings (SSSR count). The maximum absolute atomic E-state index is 13.0. The average molecular weight is 411 g/mol. The minimum atomic E-state index is -0.471. The van der Waals surface area contributed by atoms with Crippen LogP contribution in [-0.2, 0) is 17.7 Å². The summed E-state index contributed by atoms with van der Waals surface area (Å²) in [5.41, 5.74) is 2.37. The fourth-order valence-electron chi connectivity index (χ4n) is 4.21. The number of non-ortho nitro benzene ring substituents is 1. The first-order valence-electron chi connectivity index (χ1n) is 10.1. The zero-order valence-corrected chi connectivity index (χ0v) is 17.4. The smallest absolute Gasteiger partial charge is 0.269 e. The second-order valence-corrected chi connectivity index (χ2v) is 7.96. The van der Waals surface area contributed by atoms with Crippen LogP contribution in [0.4, 0.5) is 11.5 Å². The molecule has 30 heavy (non-hydrogen) atoms. The zero-order valence-electron chi connectivity index (χ0n) is 17.4. The molecule has 0 bridgehead atoms. The first-order chi connectivity index (χ1) is 14.3. The van der Waals surface area contributed by atoms with Gasteiger partial charge in [0.15, 0.2) is 0 Å². The molecule has 1 aromatic heterocycles. The number of benzene rings is 1. The Bertz CT molecular complexity index is 968. The van der Waals surface area contributed by atoms with E-state index in [1.807, 2.05) is 20.8 Å². The highest BCUT2D eigenvalue weighted by molar-refractivity contribution is 5.94. The van der Waals surface area contributed by atoms with Crippen molar-refractivity contribution in [1.29, 1.82) is 0 Å². The maximum Gasteiger partial charge on any atom is 0.269 e. The molecular weight excluding hydrogens is 386 g/mol. The summed E-state index contributed by atoms with van der Waals surface area (Å²) in [5, 5.41) is 10.9. The molecule has 2 atom stereocenters. The van der Waals surface area contributed by atoms with Crippen LogP contribution < -0.4 is 4.90 Å². The molecule has 1 fully saturated rings. The second-order valence-electron chi connectivity index (χ2n) is 7.96. The van der Waals surface area contributed by atoms with Gasteiger partial charge < -0.3 is 14.5 Å². The van der Waals surface area contributed by atoms with Crippen LogP contribution in [-0.4, -0.2) is 57.5 Å². The monoisotopic (exact) mass is 411 g/mol. The van der Waals surface area contributed by atoms with Gasteiger partial charge in [-0.25, -0.2) is 9.97 Å². The lowest BCUT2D eigenvalue weighted by atomic mass is 10.0. The van der Waals surface area contributed by atoms with E-state index in [1.54, 1.807) is 4.90 Å². The minimum Gasteiger partial charge on any atom is -0.372 e. The van der Waals surface area contributed by atoms with E-state index >= 15 is 0 Å². The Hall–Kier alpha value is -3.07. The number of nitro groups is 1. The predicted octanol–water partition coefficient (Wildman–Crippen LogP) is 2.51. The topological polar surface area (TPSA) is 102 Å². The van der Waals surface area contributed by atoms with Crippen molar-refractivity contribution < 1.29 is 14.5 Å². The number of hydrogen-bond acceptors (Lipinski definition) is 7. The summed E-state index contributed by atoms with van der Waals surface area (Å²) in [6.07, 6.45) is 0.849. The molecule has 0 unspecified atom stereocenters. The van der Waals surface area contributed by atoms with Crippen molar-refractivity contribution in [3.05, 3.63) is 57.0 Å². The van der Waals surface area contributed by atoms with E-state index in [0.29, 0.717) is 25.1 Å². The largest absolute Gasteiger partial charge is 0.372 e. The number of amides is 1. The molecule has 0 radical (unpaired) electrons. The third-order valence-electron chi connectivity index (χ3n) is 5.48. The number of ether oxygens (including phenoxy) is 1. The summed E-state index contributed by atoms with van der Waals surface area (Å²) in [5.74, 6) is 1.46. The number of rotatable bonds is 3. The van der Waals surface area contributed by atoms with E-state index < -0.39 is 4.92 Å². The number of aromatic nitrogens is 2. The number of morpholine rings is 1. The Kier molecular flexibility index (Phi) is 5.38. The third kappa shape index (κ3) is 3.97. The normalized spacial score (nSPS) is 21.3. The number of nitro benzene ring substituents is 1. The molecule has 2 aliphatic rings. The molecular formula is C21H25N5O4. The Morgan fingerprint density at radius 2 is 1.83 bits per heavy atom. The third-order valence-corrected chi connectivity index (χ3v) is 5.48. The molecule has 0 N–H and O–H groups in total. The van der Waals surface area contributed by atoms with Gasteiger partial charge in [0.05, 0.1) is 29.4 Å². The maximum atomic E-state index is 13.0. The molecule has 1 saturated heterocycles. The van der Waals surface area contributed by atoms with E-state index in [4.69, 9.17) is 9.72 Å². The van der Waals surface area contributed by atoms with Crippen molar-refractivity contribution in [2.75, 3.05) is 24.5 Å². The summed E-state index contributed by atoms with van der Waals surface area (Å²) in [7, 11) is 0. The van der Waals surface area contributed by atoms with E-state index in [2.05, 4.69) is 9.88 Å². The molecule has 158 valence electrons. The molecule has 3 heterocycles. The molecule has 1 aromatic carbocycles. The van der Waals surface area contributed by atoms with Crippen LogP contribution in [0, 0.1) is 17.0 Å². The Labute approximate surface area is 174 Å². The quantitative estimate of drug-likeness (QED) is 0.565. The zero-order chi connectivity index (χ0) is 21.4. The first kappa shape index (κ1) is 20.2. The summed E-state index contributed by atoms with van der Waals surface area (Å²) in [4.78, 5) is 36.8. The van der Waals surface area contributed by atoms with Crippen LogP contribution >= 0.6 is 0 Å². The number of anilines is 1. The minimum absolute atomic E-state index is 0.0303. The molecule has 9 nitrogen and oxygen atoms in total. The van der Waals surface area contributed by atoms with Gasteiger partial charge in [-0.2, -0.15) is 0 Å². The summed E-state index contributed by atoms with van der Waals surface area (Å²) in [6, 6.07) is 5.74. The van der Waals surface area contributed by atoms with E-state index in [9.17, 15) is 14.9 Å². The van der Waals surface area contributed by atoms with Crippen molar-refractivity contribution in [3.8, 4) is 0 Å². The number of aryl methyl sites for hydroxylation is 1. The lowest BCUT2D eigenvalue weighted by Gasteiger charge is -2.38. The fraction of sp³-hybridized carbons (Fsp3) is 0.476. The highest BCUT2D eigenvalue weighted by atomic mass is 16.6. The Balaban J connectivity index is 1.61. The summed E-state index contributed by atoms with van der Waals surface area (Å²) < 4.78 is 5.86. The van der Waals surface area contributed by atoms with Gasteiger partial charge >= 0.3 is 0 Å². The SMILES string of the molecule is Cc1nc2c(c(N3C[C@@H](C)O[C@H](C)C3)n1)CN(C(=O)c1ccc([N+](=O)[O-])cc1)CC2. The van der Waals surface area contributed by atoms with Crippen LogP contribution in [0.25, 0.3) is 0 Å². The molecule has 2 aromatic rings. The standard InChI is InChI=1S/C21H25N5O4/c1-13-10-25(11-14(2)30-13)20-18-12-24(9-8-19(18)22-15(3)23-20)21(27)16-4-6-17(7-5-16)26(28)29/h4-7,13-14H,8-12H2,1-3H3/t13-,14-/m1/s1. The lowest BCUT2D eigenvalue weighted by molar-refractivity contribution is -0.384. The van der Waals surface area contributed by atoms with Gasteiger partial charge in [0, 0.05) is 49.3 Å². The molecule has 1 amide bonds. The van der Waals surface area contributed by atoms with Crippen molar-refractivity contribution >= 4 is 17.4 Å². The number of fused-ring (bicyclic) bond motifs is 1. The average Bonchev–Trinajstić information content (AvgIpc) is 2.71. The number of hydrogen-bond donors (Lipinski definition) is 0. The number of carbonyl (C=O) groups is 1. The molecule has 0 spiro atoms. The fourth-order valence-corrected chi connectivity index (χ4v) is 4.21. The lowest BCUT2D eigenvalue weighted by Crippen LogP contribution is -2.47.